The van der Waals surface area contributed by atoms with Crippen LogP contribution in [-0.2, 0) is 23.2 Å². The van der Waals surface area contributed by atoms with Crippen LogP contribution in [0.1, 0.15) is 34.3 Å². The molecule has 1 saturated heterocycles. The maximum Gasteiger partial charge on any atom is 0.296 e. The molecule has 1 amide bonds. The molecule has 152 valence electrons. The molecule has 3 aromatic heterocycles. The number of rotatable bonds is 4. The minimum Gasteiger partial charge on any atom is -0.507 e. The monoisotopic (exact) mass is 403 g/mol. The number of amides is 1. The van der Waals surface area contributed by atoms with Crippen molar-refractivity contribution in [1.29, 1.82) is 0 Å². The first-order valence-corrected chi connectivity index (χ1v) is 9.49. The summed E-state index contributed by atoms with van der Waals surface area (Å²) in [5, 5.41) is 15.5. The summed E-state index contributed by atoms with van der Waals surface area (Å²) in [7, 11) is 1.76. The summed E-state index contributed by atoms with van der Waals surface area (Å²) in [5.41, 5.74) is 3.02. The van der Waals surface area contributed by atoms with Crippen LogP contribution in [0.25, 0.3) is 5.76 Å². The van der Waals surface area contributed by atoms with Crippen LogP contribution in [0.5, 0.6) is 0 Å². The van der Waals surface area contributed by atoms with Gasteiger partial charge in [-0.25, -0.2) is 0 Å². The van der Waals surface area contributed by atoms with E-state index in [1.165, 1.54) is 4.90 Å². The topological polar surface area (TPSA) is 101 Å². The normalized spacial score (nSPS) is 18.2. The van der Waals surface area contributed by atoms with Crippen molar-refractivity contribution in [2.75, 3.05) is 0 Å². The molecule has 1 fully saturated rings. The van der Waals surface area contributed by atoms with Crippen molar-refractivity contribution >= 4 is 17.4 Å². The van der Waals surface area contributed by atoms with E-state index in [0.29, 0.717) is 22.6 Å². The van der Waals surface area contributed by atoms with Crippen molar-refractivity contribution in [3.63, 3.8) is 0 Å². The molecule has 0 spiro atoms. The first kappa shape index (κ1) is 19.5. The number of aliphatic hydroxyl groups excluding tert-OH is 1. The number of aromatic nitrogens is 4. The quantitative estimate of drug-likeness (QED) is 0.408. The van der Waals surface area contributed by atoms with Gasteiger partial charge in [0.15, 0.2) is 0 Å². The van der Waals surface area contributed by atoms with Gasteiger partial charge in [-0.05, 0) is 37.6 Å². The molecule has 1 N–H and O–H groups in total. The number of ketones is 1. The minimum absolute atomic E-state index is 0.0155. The van der Waals surface area contributed by atoms with Gasteiger partial charge < -0.3 is 10.0 Å². The van der Waals surface area contributed by atoms with Gasteiger partial charge in [0.25, 0.3) is 11.7 Å². The highest BCUT2D eigenvalue weighted by molar-refractivity contribution is 6.46. The number of carbonyl (C=O) groups is 2. The van der Waals surface area contributed by atoms with Gasteiger partial charge in [0.1, 0.15) is 11.8 Å². The summed E-state index contributed by atoms with van der Waals surface area (Å²) in [4.78, 5) is 35.9. The zero-order chi connectivity index (χ0) is 21.4. The molecule has 1 atom stereocenters. The van der Waals surface area contributed by atoms with Gasteiger partial charge in [-0.2, -0.15) is 5.10 Å². The fraction of sp³-hybridized carbons (Fsp3) is 0.227. The van der Waals surface area contributed by atoms with E-state index in [1.54, 1.807) is 68.4 Å². The van der Waals surface area contributed by atoms with Gasteiger partial charge in [-0.1, -0.05) is 12.1 Å². The van der Waals surface area contributed by atoms with Crippen LogP contribution in [0.3, 0.4) is 0 Å². The van der Waals surface area contributed by atoms with Gasteiger partial charge in [0.2, 0.25) is 0 Å². The second-order valence-electron chi connectivity index (χ2n) is 7.21. The molecule has 1 aliphatic rings. The Bertz CT molecular complexity index is 1150. The van der Waals surface area contributed by atoms with E-state index in [1.807, 2.05) is 6.07 Å². The average molecular weight is 403 g/mol. The predicted molar refractivity (Wildman–Crippen MR) is 109 cm³/mol. The molecular formula is C22H21N5O3. The number of hydrogen-bond acceptors (Lipinski definition) is 6. The lowest BCUT2D eigenvalue weighted by molar-refractivity contribution is -0.140. The Morgan fingerprint density at radius 2 is 1.93 bits per heavy atom. The van der Waals surface area contributed by atoms with Gasteiger partial charge >= 0.3 is 0 Å². The Morgan fingerprint density at radius 1 is 1.13 bits per heavy atom. The Morgan fingerprint density at radius 3 is 2.53 bits per heavy atom. The minimum atomic E-state index is -0.814. The summed E-state index contributed by atoms with van der Waals surface area (Å²) in [5.74, 6) is -1.66. The predicted octanol–water partition coefficient (Wildman–Crippen LogP) is 2.45. The van der Waals surface area contributed by atoms with E-state index in [0.717, 1.165) is 5.56 Å². The van der Waals surface area contributed by atoms with Crippen LogP contribution >= 0.6 is 0 Å². The molecule has 0 radical (unpaired) electrons. The van der Waals surface area contributed by atoms with Crippen LogP contribution in [0.4, 0.5) is 0 Å². The summed E-state index contributed by atoms with van der Waals surface area (Å²) in [6, 6.07) is 8.06. The molecule has 4 heterocycles. The molecule has 0 aliphatic carbocycles. The molecule has 0 bridgehead atoms. The van der Waals surface area contributed by atoms with E-state index in [-0.39, 0.29) is 17.9 Å². The molecule has 30 heavy (non-hydrogen) atoms. The molecule has 0 saturated carbocycles. The average Bonchev–Trinajstić information content (AvgIpc) is 3.15. The first-order chi connectivity index (χ1) is 14.4. The summed E-state index contributed by atoms with van der Waals surface area (Å²) in [6.45, 7) is 3.72. The van der Waals surface area contributed by atoms with Crippen LogP contribution in [0.2, 0.25) is 0 Å². The third-order valence-corrected chi connectivity index (χ3v) is 5.33. The maximum absolute atomic E-state index is 13.1. The van der Waals surface area contributed by atoms with Gasteiger partial charge in [0, 0.05) is 37.9 Å². The van der Waals surface area contributed by atoms with Crippen molar-refractivity contribution in [1.82, 2.24) is 24.6 Å². The molecule has 8 heteroatoms. The third-order valence-electron chi connectivity index (χ3n) is 5.33. The van der Waals surface area contributed by atoms with Crippen LogP contribution < -0.4 is 0 Å². The SMILES string of the molecule is Cc1nn(C)c(C)c1C(O)=C1C(=O)C(=O)N(Cc2cccnc2)[C@@H]1c1ccccn1. The number of aliphatic hydroxyl groups is 1. The highest BCUT2D eigenvalue weighted by atomic mass is 16.3. The summed E-state index contributed by atoms with van der Waals surface area (Å²) >= 11 is 0. The fourth-order valence-corrected chi connectivity index (χ4v) is 3.83. The van der Waals surface area contributed by atoms with Gasteiger partial charge in [-0.15, -0.1) is 0 Å². The largest absolute Gasteiger partial charge is 0.507 e. The molecule has 8 nitrogen and oxygen atoms in total. The summed E-state index contributed by atoms with van der Waals surface area (Å²) in [6.07, 6.45) is 4.88. The maximum atomic E-state index is 13.1. The highest BCUT2D eigenvalue weighted by Gasteiger charge is 2.47. The van der Waals surface area contributed by atoms with Crippen LogP contribution in [0, 0.1) is 13.8 Å². The Labute approximate surface area is 173 Å². The second-order valence-corrected chi connectivity index (χ2v) is 7.21. The van der Waals surface area contributed by atoms with E-state index in [2.05, 4.69) is 15.1 Å². The lowest BCUT2D eigenvalue weighted by atomic mass is 9.97. The summed E-state index contributed by atoms with van der Waals surface area (Å²) < 4.78 is 1.63. The lowest BCUT2D eigenvalue weighted by Gasteiger charge is -2.24. The number of aryl methyl sites for hydroxylation is 2. The molecule has 1 aliphatic heterocycles. The Balaban J connectivity index is 1.90. The molecular weight excluding hydrogens is 382 g/mol. The first-order valence-electron chi connectivity index (χ1n) is 9.49. The lowest BCUT2D eigenvalue weighted by Crippen LogP contribution is -2.29. The van der Waals surface area contributed by atoms with Crippen molar-refractivity contribution in [2.24, 2.45) is 7.05 Å². The number of Topliss-reactive ketones (excluding diaryl/α,β-unsaturated/α-hetero) is 1. The van der Waals surface area contributed by atoms with Crippen molar-refractivity contribution in [3.8, 4) is 0 Å². The van der Waals surface area contributed by atoms with Crippen LogP contribution in [-0.4, -0.2) is 41.4 Å². The second kappa shape index (κ2) is 7.55. The third kappa shape index (κ3) is 3.16. The Kier molecular flexibility index (Phi) is 4.91. The fourth-order valence-electron chi connectivity index (χ4n) is 3.83. The number of nitrogens with zero attached hydrogens (tertiary/aromatic N) is 5. The number of pyridine rings is 2. The molecule has 3 aromatic rings. The molecule has 0 unspecified atom stereocenters. The van der Waals surface area contributed by atoms with Crippen molar-refractivity contribution in [3.05, 3.63) is 82.7 Å². The van der Waals surface area contributed by atoms with Gasteiger partial charge in [-0.3, -0.25) is 24.2 Å². The van der Waals surface area contributed by atoms with Gasteiger partial charge in [0.05, 0.1) is 22.5 Å². The van der Waals surface area contributed by atoms with Crippen LogP contribution in [0.15, 0.2) is 54.5 Å². The zero-order valence-corrected chi connectivity index (χ0v) is 16.9. The van der Waals surface area contributed by atoms with E-state index >= 15 is 0 Å². The standard InChI is InChI=1S/C22H21N5O3/c1-13-17(14(2)26(3)25-13)20(28)18-19(16-8-4-5-10-24-16)27(22(30)21(18)29)12-15-7-6-9-23-11-15/h4-11,19,28H,12H2,1-3H3/t19-/m1/s1. The molecule has 0 aromatic carbocycles. The number of carbonyl (C=O) groups excluding carboxylic acids is 2. The Hall–Kier alpha value is -3.81. The van der Waals surface area contributed by atoms with E-state index < -0.39 is 17.7 Å². The number of hydrogen-bond donors (Lipinski definition) is 1. The van der Waals surface area contributed by atoms with Crippen molar-refractivity contribution < 1.29 is 14.7 Å². The highest BCUT2D eigenvalue weighted by Crippen LogP contribution is 2.40. The van der Waals surface area contributed by atoms with E-state index in [9.17, 15) is 14.7 Å². The zero-order valence-electron chi connectivity index (χ0n) is 16.9. The van der Waals surface area contributed by atoms with E-state index in [4.69, 9.17) is 0 Å². The van der Waals surface area contributed by atoms with Crippen molar-refractivity contribution in [2.45, 2.75) is 26.4 Å². The molecule has 4 rings (SSSR count). The number of likely N-dealkylation sites (tertiary alicyclic amines) is 1. The smallest absolute Gasteiger partial charge is 0.296 e.